The van der Waals surface area contributed by atoms with E-state index < -0.39 is 0 Å². The van der Waals surface area contributed by atoms with Crippen molar-refractivity contribution in [1.82, 2.24) is 0 Å². The van der Waals surface area contributed by atoms with Gasteiger partial charge in [-0.25, -0.2) is 0 Å². The molecule has 0 saturated heterocycles. The third kappa shape index (κ3) is 1.51. The molecule has 78 valence electrons. The number of hydrogen-bond donors (Lipinski definition) is 1. The van der Waals surface area contributed by atoms with E-state index in [1.807, 2.05) is 11.3 Å². The predicted molar refractivity (Wildman–Crippen MR) is 62.4 cm³/mol. The lowest BCUT2D eigenvalue weighted by atomic mass is 9.68. The van der Waals surface area contributed by atoms with E-state index in [0.717, 1.165) is 12.3 Å². The first kappa shape index (κ1) is 10.2. The largest absolute Gasteiger partial charge is 0.321 e. The van der Waals surface area contributed by atoms with Crippen LogP contribution in [0.2, 0.25) is 0 Å². The normalized spacial score (nSPS) is 38.5. The average Bonchev–Trinajstić information content (AvgIpc) is 2.67. The number of thiophene rings is 1. The molecule has 1 heterocycles. The van der Waals surface area contributed by atoms with Gasteiger partial charge in [0.2, 0.25) is 0 Å². The highest BCUT2D eigenvalue weighted by Crippen LogP contribution is 2.43. The van der Waals surface area contributed by atoms with Crippen LogP contribution in [0.4, 0.5) is 0 Å². The molecule has 1 aliphatic carbocycles. The maximum Gasteiger partial charge on any atom is 0.0532 e. The molecule has 14 heavy (non-hydrogen) atoms. The third-order valence-electron chi connectivity index (χ3n) is 3.90. The molecule has 1 saturated carbocycles. The molecular formula is C12H19NS. The van der Waals surface area contributed by atoms with Gasteiger partial charge in [0, 0.05) is 4.88 Å². The molecular weight excluding hydrogens is 190 g/mol. The molecule has 2 heteroatoms. The summed E-state index contributed by atoms with van der Waals surface area (Å²) in [4.78, 5) is 1.37. The molecule has 3 unspecified atom stereocenters. The van der Waals surface area contributed by atoms with Crippen molar-refractivity contribution in [3.63, 3.8) is 0 Å². The maximum atomic E-state index is 6.57. The van der Waals surface area contributed by atoms with Gasteiger partial charge in [-0.2, -0.15) is 0 Å². The van der Waals surface area contributed by atoms with Gasteiger partial charge >= 0.3 is 0 Å². The standard InChI is InChI=1S/C12H19NS/c1-9-5-3-7-12(13,10(9)2)11-6-4-8-14-11/h4,6,8-10H,3,5,7,13H2,1-2H3. The van der Waals surface area contributed by atoms with Crippen molar-refractivity contribution >= 4 is 11.3 Å². The Labute approximate surface area is 90.3 Å². The van der Waals surface area contributed by atoms with Crippen LogP contribution in [0.3, 0.4) is 0 Å². The van der Waals surface area contributed by atoms with Crippen LogP contribution in [0.15, 0.2) is 17.5 Å². The average molecular weight is 209 g/mol. The Morgan fingerprint density at radius 3 is 2.93 bits per heavy atom. The van der Waals surface area contributed by atoms with Gasteiger partial charge in [0.1, 0.15) is 0 Å². The van der Waals surface area contributed by atoms with Gasteiger partial charge in [-0.3, -0.25) is 0 Å². The van der Waals surface area contributed by atoms with Gasteiger partial charge in [0.25, 0.3) is 0 Å². The zero-order valence-corrected chi connectivity index (χ0v) is 9.81. The Hall–Kier alpha value is -0.340. The summed E-state index contributed by atoms with van der Waals surface area (Å²) in [5.74, 6) is 1.37. The fourth-order valence-corrected chi connectivity index (χ4v) is 3.56. The zero-order valence-electron chi connectivity index (χ0n) is 8.99. The van der Waals surface area contributed by atoms with E-state index >= 15 is 0 Å². The van der Waals surface area contributed by atoms with E-state index in [0.29, 0.717) is 5.92 Å². The topological polar surface area (TPSA) is 26.0 Å². The lowest BCUT2D eigenvalue weighted by Gasteiger charge is -2.42. The van der Waals surface area contributed by atoms with Crippen molar-refractivity contribution in [3.8, 4) is 0 Å². The smallest absolute Gasteiger partial charge is 0.0532 e. The summed E-state index contributed by atoms with van der Waals surface area (Å²) in [5.41, 5.74) is 6.52. The third-order valence-corrected chi connectivity index (χ3v) is 4.96. The molecule has 0 aromatic carbocycles. The Morgan fingerprint density at radius 2 is 2.29 bits per heavy atom. The maximum absolute atomic E-state index is 6.57. The van der Waals surface area contributed by atoms with E-state index in [2.05, 4.69) is 31.4 Å². The van der Waals surface area contributed by atoms with Crippen molar-refractivity contribution in [2.24, 2.45) is 17.6 Å². The SMILES string of the molecule is CC1CCCC(N)(c2cccs2)C1C. The van der Waals surface area contributed by atoms with Crippen molar-refractivity contribution in [2.75, 3.05) is 0 Å². The Kier molecular flexibility index (Phi) is 2.67. The Morgan fingerprint density at radius 1 is 1.50 bits per heavy atom. The summed E-state index contributed by atoms with van der Waals surface area (Å²) in [6.45, 7) is 4.64. The minimum Gasteiger partial charge on any atom is -0.321 e. The molecule has 1 aliphatic rings. The van der Waals surface area contributed by atoms with Gasteiger partial charge < -0.3 is 5.73 Å². The summed E-state index contributed by atoms with van der Waals surface area (Å²) in [7, 11) is 0. The van der Waals surface area contributed by atoms with Crippen LogP contribution in [0.25, 0.3) is 0 Å². The number of hydrogen-bond acceptors (Lipinski definition) is 2. The van der Waals surface area contributed by atoms with Crippen molar-refractivity contribution < 1.29 is 0 Å². The minimum absolute atomic E-state index is 0.0498. The first-order valence-electron chi connectivity index (χ1n) is 5.47. The molecule has 0 spiro atoms. The van der Waals surface area contributed by atoms with Gasteiger partial charge in [0.05, 0.1) is 5.54 Å². The highest BCUT2D eigenvalue weighted by atomic mass is 32.1. The molecule has 0 radical (unpaired) electrons. The van der Waals surface area contributed by atoms with Crippen LogP contribution in [0, 0.1) is 11.8 Å². The lowest BCUT2D eigenvalue weighted by molar-refractivity contribution is 0.147. The zero-order chi connectivity index (χ0) is 10.2. The van der Waals surface area contributed by atoms with E-state index in [9.17, 15) is 0 Å². The van der Waals surface area contributed by atoms with E-state index in [1.54, 1.807) is 0 Å². The van der Waals surface area contributed by atoms with Crippen LogP contribution in [-0.4, -0.2) is 0 Å². The molecule has 3 atom stereocenters. The van der Waals surface area contributed by atoms with Crippen LogP contribution in [0.1, 0.15) is 38.0 Å². The predicted octanol–water partition coefficient (Wildman–Crippen LogP) is 3.36. The van der Waals surface area contributed by atoms with E-state index in [1.165, 1.54) is 17.7 Å². The van der Waals surface area contributed by atoms with Crippen molar-refractivity contribution in [2.45, 2.75) is 38.6 Å². The summed E-state index contributed by atoms with van der Waals surface area (Å²) in [6.07, 6.45) is 3.77. The number of rotatable bonds is 1. The minimum atomic E-state index is -0.0498. The molecule has 0 aliphatic heterocycles. The van der Waals surface area contributed by atoms with Crippen LogP contribution < -0.4 is 5.73 Å². The summed E-state index contributed by atoms with van der Waals surface area (Å²) >= 11 is 1.81. The second-order valence-corrected chi connectivity index (χ2v) is 5.62. The second-order valence-electron chi connectivity index (χ2n) is 4.68. The molecule has 1 aromatic rings. The molecule has 2 rings (SSSR count). The van der Waals surface area contributed by atoms with Crippen molar-refractivity contribution in [3.05, 3.63) is 22.4 Å². The monoisotopic (exact) mass is 209 g/mol. The summed E-state index contributed by atoms with van der Waals surface area (Å²) in [6, 6.07) is 4.31. The van der Waals surface area contributed by atoms with E-state index in [-0.39, 0.29) is 5.54 Å². The molecule has 1 aromatic heterocycles. The Balaban J connectivity index is 2.30. The van der Waals surface area contributed by atoms with Gasteiger partial charge in [-0.1, -0.05) is 32.8 Å². The van der Waals surface area contributed by atoms with Crippen molar-refractivity contribution in [1.29, 1.82) is 0 Å². The second kappa shape index (κ2) is 3.67. The first-order valence-corrected chi connectivity index (χ1v) is 6.35. The summed E-state index contributed by atoms with van der Waals surface area (Å²) in [5, 5.41) is 2.13. The highest BCUT2D eigenvalue weighted by molar-refractivity contribution is 7.10. The molecule has 2 N–H and O–H groups in total. The molecule has 0 amide bonds. The fourth-order valence-electron chi connectivity index (χ4n) is 2.59. The first-order chi connectivity index (χ1) is 6.64. The fraction of sp³-hybridized carbons (Fsp3) is 0.667. The molecule has 1 nitrogen and oxygen atoms in total. The molecule has 0 bridgehead atoms. The summed E-state index contributed by atoms with van der Waals surface area (Å²) < 4.78 is 0. The van der Waals surface area contributed by atoms with E-state index in [4.69, 9.17) is 5.73 Å². The quantitative estimate of drug-likeness (QED) is 0.754. The van der Waals surface area contributed by atoms with Crippen LogP contribution >= 0.6 is 11.3 Å². The van der Waals surface area contributed by atoms with Gasteiger partial charge in [-0.15, -0.1) is 11.3 Å². The van der Waals surface area contributed by atoms with Crippen LogP contribution in [-0.2, 0) is 5.54 Å². The lowest BCUT2D eigenvalue weighted by Crippen LogP contribution is -2.47. The Bertz CT molecular complexity index is 293. The molecule has 1 fully saturated rings. The van der Waals surface area contributed by atoms with Crippen LogP contribution in [0.5, 0.6) is 0 Å². The highest BCUT2D eigenvalue weighted by Gasteiger charge is 2.40. The van der Waals surface area contributed by atoms with Gasteiger partial charge in [-0.05, 0) is 29.7 Å². The number of nitrogens with two attached hydrogens (primary N) is 1. The van der Waals surface area contributed by atoms with Gasteiger partial charge in [0.15, 0.2) is 0 Å².